The third-order valence-electron chi connectivity index (χ3n) is 2.72. The molecule has 2 aromatic rings. The lowest BCUT2D eigenvalue weighted by atomic mass is 9.96. The number of aromatic nitrogens is 1. The zero-order valence-corrected chi connectivity index (χ0v) is 11.6. The zero-order chi connectivity index (χ0) is 14.8. The zero-order valence-electron chi connectivity index (χ0n) is 10.0. The number of hydrogen-bond acceptors (Lipinski definition) is 2. The molecule has 0 amide bonds. The maximum Gasteiger partial charge on any atom is 0.416 e. The molecule has 0 aliphatic rings. The average molecular weight is 341 g/mol. The molecule has 2 rings (SSSR count). The number of alkyl halides is 3. The molecular weight excluding hydrogens is 333 g/mol. The molecule has 1 atom stereocenters. The molecule has 0 saturated carbocycles. The molecule has 1 heterocycles. The molecule has 6 heteroatoms. The number of pyridine rings is 1. The van der Waals surface area contributed by atoms with Gasteiger partial charge in [-0.15, -0.1) is 0 Å². The lowest BCUT2D eigenvalue weighted by molar-refractivity contribution is -0.137. The minimum Gasteiger partial charge on any atom is -0.260 e. The van der Waals surface area contributed by atoms with Crippen molar-refractivity contribution in [1.29, 1.82) is 5.26 Å². The lowest BCUT2D eigenvalue weighted by Gasteiger charge is -2.12. The third kappa shape index (κ3) is 3.17. The molecule has 0 bridgehead atoms. The average Bonchev–Trinajstić information content (AvgIpc) is 2.39. The van der Waals surface area contributed by atoms with Crippen LogP contribution in [0.1, 0.15) is 22.7 Å². The highest BCUT2D eigenvalue weighted by atomic mass is 79.9. The van der Waals surface area contributed by atoms with Crippen molar-refractivity contribution in [2.24, 2.45) is 0 Å². The fraction of sp³-hybridized carbons (Fsp3) is 0.143. The van der Waals surface area contributed by atoms with Crippen molar-refractivity contribution in [3.05, 3.63) is 63.9 Å². The van der Waals surface area contributed by atoms with Crippen LogP contribution in [0.5, 0.6) is 0 Å². The van der Waals surface area contributed by atoms with E-state index in [1.165, 1.54) is 0 Å². The standard InChI is InChI=1S/C14H8BrF3N2/c15-11-3-1-2-9(6-11)12(8-19)13-7-10(4-5-20-13)14(16,17)18/h1-7,12H. The van der Waals surface area contributed by atoms with Crippen LogP contribution in [0.15, 0.2) is 47.1 Å². The van der Waals surface area contributed by atoms with E-state index in [0.29, 0.717) is 5.56 Å². The van der Waals surface area contributed by atoms with E-state index < -0.39 is 17.7 Å². The Balaban J connectivity index is 2.46. The number of benzene rings is 1. The first kappa shape index (κ1) is 14.5. The molecule has 0 fully saturated rings. The SMILES string of the molecule is N#CC(c1cccc(Br)c1)c1cc(C(F)(F)F)ccn1. The fourth-order valence-electron chi connectivity index (χ4n) is 1.78. The Morgan fingerprint density at radius 3 is 2.55 bits per heavy atom. The molecule has 0 N–H and O–H groups in total. The molecule has 1 aromatic carbocycles. The van der Waals surface area contributed by atoms with Crippen LogP contribution in [0, 0.1) is 11.3 Å². The highest BCUT2D eigenvalue weighted by Gasteiger charge is 2.31. The van der Waals surface area contributed by atoms with Crippen LogP contribution in [0.3, 0.4) is 0 Å². The summed E-state index contributed by atoms with van der Waals surface area (Å²) in [6.45, 7) is 0. The van der Waals surface area contributed by atoms with Crippen LogP contribution >= 0.6 is 15.9 Å². The Labute approximate surface area is 122 Å². The summed E-state index contributed by atoms with van der Waals surface area (Å²) in [5, 5.41) is 9.23. The first-order valence-electron chi connectivity index (χ1n) is 5.60. The Bertz CT molecular complexity index is 662. The van der Waals surface area contributed by atoms with Crippen molar-refractivity contribution in [2.45, 2.75) is 12.1 Å². The second-order valence-electron chi connectivity index (χ2n) is 4.08. The Kier molecular flexibility index (Phi) is 4.09. The van der Waals surface area contributed by atoms with Crippen LogP contribution in [-0.2, 0) is 6.18 Å². The van der Waals surface area contributed by atoms with E-state index >= 15 is 0 Å². The van der Waals surface area contributed by atoms with Gasteiger partial charge in [0.05, 0.1) is 17.3 Å². The summed E-state index contributed by atoms with van der Waals surface area (Å²) in [5.41, 5.74) is -0.133. The van der Waals surface area contributed by atoms with Crippen molar-refractivity contribution >= 4 is 15.9 Å². The van der Waals surface area contributed by atoms with Crippen molar-refractivity contribution in [3.63, 3.8) is 0 Å². The molecule has 0 aliphatic carbocycles. The Morgan fingerprint density at radius 2 is 1.95 bits per heavy atom. The van der Waals surface area contributed by atoms with Crippen molar-refractivity contribution in [1.82, 2.24) is 4.98 Å². The Morgan fingerprint density at radius 1 is 1.20 bits per heavy atom. The van der Waals surface area contributed by atoms with Gasteiger partial charge in [0, 0.05) is 10.7 Å². The van der Waals surface area contributed by atoms with E-state index in [4.69, 9.17) is 0 Å². The molecule has 0 saturated heterocycles. The minimum atomic E-state index is -4.45. The number of hydrogen-bond donors (Lipinski definition) is 0. The largest absolute Gasteiger partial charge is 0.416 e. The van der Waals surface area contributed by atoms with Crippen LogP contribution < -0.4 is 0 Å². The summed E-state index contributed by atoms with van der Waals surface area (Å²) in [6, 6.07) is 10.7. The van der Waals surface area contributed by atoms with Crippen LogP contribution in [0.4, 0.5) is 13.2 Å². The van der Waals surface area contributed by atoms with Gasteiger partial charge >= 0.3 is 6.18 Å². The monoisotopic (exact) mass is 340 g/mol. The molecule has 0 spiro atoms. The lowest BCUT2D eigenvalue weighted by Crippen LogP contribution is -2.08. The number of nitriles is 1. The topological polar surface area (TPSA) is 36.7 Å². The summed E-state index contributed by atoms with van der Waals surface area (Å²) >= 11 is 3.27. The van der Waals surface area contributed by atoms with Crippen LogP contribution in [0.2, 0.25) is 0 Å². The van der Waals surface area contributed by atoms with Gasteiger partial charge in [0.2, 0.25) is 0 Å². The molecule has 20 heavy (non-hydrogen) atoms. The number of rotatable bonds is 2. The summed E-state index contributed by atoms with van der Waals surface area (Å²) in [5.74, 6) is -0.838. The van der Waals surface area contributed by atoms with E-state index in [1.54, 1.807) is 24.3 Å². The van der Waals surface area contributed by atoms with Gasteiger partial charge in [-0.1, -0.05) is 28.1 Å². The predicted octanol–water partition coefficient (Wildman–Crippen LogP) is 4.52. The van der Waals surface area contributed by atoms with Gasteiger partial charge in [-0.25, -0.2) is 0 Å². The highest BCUT2D eigenvalue weighted by molar-refractivity contribution is 9.10. The third-order valence-corrected chi connectivity index (χ3v) is 3.21. The molecule has 0 radical (unpaired) electrons. The summed E-state index contributed by atoms with van der Waals surface area (Å²) in [6.07, 6.45) is -3.38. The van der Waals surface area contributed by atoms with Gasteiger partial charge in [-0.05, 0) is 29.8 Å². The van der Waals surface area contributed by atoms with Gasteiger partial charge < -0.3 is 0 Å². The summed E-state index contributed by atoms with van der Waals surface area (Å²) in [4.78, 5) is 3.89. The summed E-state index contributed by atoms with van der Waals surface area (Å²) in [7, 11) is 0. The number of halogens is 4. The molecule has 2 nitrogen and oxygen atoms in total. The number of nitrogens with zero attached hydrogens (tertiary/aromatic N) is 2. The highest BCUT2D eigenvalue weighted by Crippen LogP contribution is 2.32. The second kappa shape index (κ2) is 5.63. The Hall–Kier alpha value is -1.87. The van der Waals surface area contributed by atoms with E-state index in [1.807, 2.05) is 6.07 Å². The van der Waals surface area contributed by atoms with Crippen molar-refractivity contribution in [2.75, 3.05) is 0 Å². The maximum atomic E-state index is 12.7. The second-order valence-corrected chi connectivity index (χ2v) is 5.00. The summed E-state index contributed by atoms with van der Waals surface area (Å²) < 4.78 is 38.8. The van der Waals surface area contributed by atoms with Crippen molar-refractivity contribution in [3.8, 4) is 6.07 Å². The van der Waals surface area contributed by atoms with Crippen LogP contribution in [0.25, 0.3) is 0 Å². The smallest absolute Gasteiger partial charge is 0.260 e. The molecule has 0 aliphatic heterocycles. The van der Waals surface area contributed by atoms with Crippen LogP contribution in [-0.4, -0.2) is 4.98 Å². The van der Waals surface area contributed by atoms with Gasteiger partial charge in [-0.2, -0.15) is 18.4 Å². The first-order valence-corrected chi connectivity index (χ1v) is 6.39. The first-order chi connectivity index (χ1) is 9.41. The minimum absolute atomic E-state index is 0.0837. The van der Waals surface area contributed by atoms with Gasteiger partial charge in [0.1, 0.15) is 5.92 Å². The maximum absolute atomic E-state index is 12.7. The van der Waals surface area contributed by atoms with Gasteiger partial charge in [0.25, 0.3) is 0 Å². The van der Waals surface area contributed by atoms with E-state index in [9.17, 15) is 18.4 Å². The van der Waals surface area contributed by atoms with E-state index in [2.05, 4.69) is 20.9 Å². The predicted molar refractivity (Wildman–Crippen MR) is 70.8 cm³/mol. The molecular formula is C14H8BrF3N2. The van der Waals surface area contributed by atoms with E-state index in [0.717, 1.165) is 22.8 Å². The van der Waals surface area contributed by atoms with Crippen molar-refractivity contribution < 1.29 is 13.2 Å². The molecule has 1 unspecified atom stereocenters. The van der Waals surface area contributed by atoms with Gasteiger partial charge in [0.15, 0.2) is 0 Å². The van der Waals surface area contributed by atoms with Gasteiger partial charge in [-0.3, -0.25) is 4.98 Å². The fourth-order valence-corrected chi connectivity index (χ4v) is 2.20. The normalized spacial score (nSPS) is 12.8. The molecule has 102 valence electrons. The molecule has 1 aromatic heterocycles. The quantitative estimate of drug-likeness (QED) is 0.805. The van der Waals surface area contributed by atoms with E-state index in [-0.39, 0.29) is 5.69 Å².